The molecule has 0 saturated heterocycles. The highest BCUT2D eigenvalue weighted by molar-refractivity contribution is 5.94. The zero-order valence-electron chi connectivity index (χ0n) is 12.8. The molecule has 0 unspecified atom stereocenters. The van der Waals surface area contributed by atoms with Crippen LogP contribution in [0, 0.1) is 11.6 Å². The van der Waals surface area contributed by atoms with Gasteiger partial charge in [-0.25, -0.2) is 8.78 Å². The lowest BCUT2D eigenvalue weighted by Crippen LogP contribution is -2.23. The maximum Gasteiger partial charge on any atom is 0.251 e. The molecule has 0 radical (unpaired) electrons. The summed E-state index contributed by atoms with van der Waals surface area (Å²) in [6, 6.07) is 6.64. The average Bonchev–Trinajstić information content (AvgIpc) is 3.02. The van der Waals surface area contributed by atoms with Crippen molar-refractivity contribution in [2.24, 2.45) is 7.05 Å². The summed E-state index contributed by atoms with van der Waals surface area (Å²) in [4.78, 5) is 16.3. The van der Waals surface area contributed by atoms with Crippen LogP contribution in [0.5, 0.6) is 0 Å². The maximum absolute atomic E-state index is 13.2. The van der Waals surface area contributed by atoms with Crippen LogP contribution in [0.2, 0.25) is 0 Å². The predicted molar refractivity (Wildman–Crippen MR) is 84.0 cm³/mol. The second kappa shape index (κ2) is 6.57. The van der Waals surface area contributed by atoms with Crippen molar-refractivity contribution in [2.75, 3.05) is 0 Å². The van der Waals surface area contributed by atoms with Gasteiger partial charge >= 0.3 is 0 Å². The van der Waals surface area contributed by atoms with Crippen LogP contribution in [-0.2, 0) is 13.6 Å². The summed E-state index contributed by atoms with van der Waals surface area (Å²) in [5, 5.41) is 6.76. The number of pyridine rings is 1. The molecule has 0 aliphatic rings. The van der Waals surface area contributed by atoms with Gasteiger partial charge < -0.3 is 5.32 Å². The number of benzene rings is 1. The van der Waals surface area contributed by atoms with Gasteiger partial charge in [-0.2, -0.15) is 5.10 Å². The zero-order chi connectivity index (χ0) is 17.1. The van der Waals surface area contributed by atoms with E-state index in [0.717, 1.165) is 29.0 Å². The lowest BCUT2D eigenvalue weighted by atomic mass is 10.1. The number of carbonyl (C=O) groups is 1. The summed E-state index contributed by atoms with van der Waals surface area (Å²) in [6.45, 7) is 0.244. The van der Waals surface area contributed by atoms with Crippen molar-refractivity contribution >= 4 is 5.91 Å². The topological polar surface area (TPSA) is 59.8 Å². The van der Waals surface area contributed by atoms with Crippen LogP contribution in [-0.4, -0.2) is 20.7 Å². The van der Waals surface area contributed by atoms with E-state index in [-0.39, 0.29) is 12.1 Å². The summed E-state index contributed by atoms with van der Waals surface area (Å²) >= 11 is 0. The van der Waals surface area contributed by atoms with E-state index >= 15 is 0 Å². The molecule has 2 heterocycles. The molecule has 3 aromatic rings. The van der Waals surface area contributed by atoms with Gasteiger partial charge in [-0.1, -0.05) is 0 Å². The third kappa shape index (κ3) is 3.45. The van der Waals surface area contributed by atoms with E-state index in [0.29, 0.717) is 0 Å². The van der Waals surface area contributed by atoms with Gasteiger partial charge in [0.15, 0.2) is 11.6 Å². The van der Waals surface area contributed by atoms with E-state index in [2.05, 4.69) is 15.4 Å². The Kier molecular flexibility index (Phi) is 4.33. The largest absolute Gasteiger partial charge is 0.348 e. The van der Waals surface area contributed by atoms with Gasteiger partial charge in [0.2, 0.25) is 0 Å². The Morgan fingerprint density at radius 1 is 1.21 bits per heavy atom. The molecule has 0 aliphatic heterocycles. The minimum atomic E-state index is -1.05. The number of aromatic nitrogens is 3. The molecular weight excluding hydrogens is 314 g/mol. The quantitative estimate of drug-likeness (QED) is 0.801. The van der Waals surface area contributed by atoms with Crippen LogP contribution in [0.1, 0.15) is 15.9 Å². The Labute approximate surface area is 137 Å². The number of hydrogen-bond acceptors (Lipinski definition) is 3. The van der Waals surface area contributed by atoms with Crippen LogP contribution < -0.4 is 5.32 Å². The maximum atomic E-state index is 13.2. The second-order valence-electron chi connectivity index (χ2n) is 5.26. The number of hydrogen-bond donors (Lipinski definition) is 1. The van der Waals surface area contributed by atoms with E-state index in [1.165, 1.54) is 6.07 Å². The summed E-state index contributed by atoms with van der Waals surface area (Å²) in [7, 11) is 1.81. The van der Waals surface area contributed by atoms with E-state index < -0.39 is 17.5 Å². The lowest BCUT2D eigenvalue weighted by Gasteiger charge is -2.07. The number of nitrogens with one attached hydrogen (secondary N) is 1. The van der Waals surface area contributed by atoms with Crippen molar-refractivity contribution in [1.29, 1.82) is 0 Å². The average molecular weight is 328 g/mol. The normalized spacial score (nSPS) is 10.6. The van der Waals surface area contributed by atoms with Gasteiger partial charge in [-0.15, -0.1) is 0 Å². The summed E-state index contributed by atoms with van der Waals surface area (Å²) < 4.78 is 27.7. The van der Waals surface area contributed by atoms with Crippen molar-refractivity contribution in [3.8, 4) is 11.3 Å². The Morgan fingerprint density at radius 2 is 2.04 bits per heavy atom. The van der Waals surface area contributed by atoms with Crippen LogP contribution in [0.25, 0.3) is 11.3 Å². The molecule has 1 N–H and O–H groups in total. The Bertz CT molecular complexity index is 892. The standard InChI is InChI=1S/C17H14F2N4O/c1-23-10-13(9-22-23)16-6-11(4-5-20-16)8-21-17(24)12-2-3-14(18)15(19)7-12/h2-7,9-10H,8H2,1H3,(H,21,24). The van der Waals surface area contributed by atoms with Crippen LogP contribution in [0.3, 0.4) is 0 Å². The molecule has 0 fully saturated rings. The van der Waals surface area contributed by atoms with Crippen LogP contribution in [0.4, 0.5) is 8.78 Å². The van der Waals surface area contributed by atoms with Crippen LogP contribution in [0.15, 0.2) is 48.9 Å². The first-order valence-electron chi connectivity index (χ1n) is 7.20. The van der Waals surface area contributed by atoms with Crippen molar-refractivity contribution < 1.29 is 13.6 Å². The molecule has 0 aliphatic carbocycles. The zero-order valence-corrected chi connectivity index (χ0v) is 12.8. The van der Waals surface area contributed by atoms with Gasteiger partial charge in [0.05, 0.1) is 11.9 Å². The van der Waals surface area contributed by atoms with E-state index in [1.807, 2.05) is 19.3 Å². The SMILES string of the molecule is Cn1cc(-c2cc(CNC(=O)c3ccc(F)c(F)c3)ccn2)cn1. The van der Waals surface area contributed by atoms with Gasteiger partial charge in [0.1, 0.15) is 0 Å². The highest BCUT2D eigenvalue weighted by Gasteiger charge is 2.10. The van der Waals surface area contributed by atoms with E-state index in [1.54, 1.807) is 23.1 Å². The molecule has 1 amide bonds. The molecular formula is C17H14F2N4O. The van der Waals surface area contributed by atoms with Gasteiger partial charge in [0.25, 0.3) is 5.91 Å². The third-order valence-electron chi connectivity index (χ3n) is 3.46. The predicted octanol–water partition coefficient (Wildman–Crippen LogP) is 2.69. The molecule has 0 spiro atoms. The van der Waals surface area contributed by atoms with Crippen molar-refractivity contribution in [1.82, 2.24) is 20.1 Å². The highest BCUT2D eigenvalue weighted by atomic mass is 19.2. The number of amides is 1. The molecule has 5 nitrogen and oxygen atoms in total. The monoisotopic (exact) mass is 328 g/mol. The number of nitrogens with zero attached hydrogens (tertiary/aromatic N) is 3. The first-order valence-corrected chi connectivity index (χ1v) is 7.20. The molecule has 24 heavy (non-hydrogen) atoms. The highest BCUT2D eigenvalue weighted by Crippen LogP contribution is 2.16. The first kappa shape index (κ1) is 15.8. The third-order valence-corrected chi connectivity index (χ3v) is 3.46. The van der Waals surface area contributed by atoms with Gasteiger partial charge in [0, 0.05) is 37.1 Å². The lowest BCUT2D eigenvalue weighted by molar-refractivity contribution is 0.0950. The van der Waals surface area contributed by atoms with E-state index in [9.17, 15) is 13.6 Å². The van der Waals surface area contributed by atoms with Crippen molar-refractivity contribution in [3.05, 3.63) is 71.7 Å². The fraction of sp³-hybridized carbons (Fsp3) is 0.118. The molecule has 7 heteroatoms. The Morgan fingerprint density at radius 3 is 2.75 bits per heavy atom. The molecule has 2 aromatic heterocycles. The second-order valence-corrected chi connectivity index (χ2v) is 5.26. The molecule has 122 valence electrons. The van der Waals surface area contributed by atoms with E-state index in [4.69, 9.17) is 0 Å². The molecule has 0 atom stereocenters. The first-order chi connectivity index (χ1) is 11.5. The van der Waals surface area contributed by atoms with Crippen LogP contribution >= 0.6 is 0 Å². The number of halogens is 2. The number of rotatable bonds is 4. The Balaban J connectivity index is 1.70. The summed E-state index contributed by atoms with van der Waals surface area (Å²) in [6.07, 6.45) is 5.18. The molecule has 0 bridgehead atoms. The summed E-state index contributed by atoms with van der Waals surface area (Å²) in [5.74, 6) is -2.51. The van der Waals surface area contributed by atoms with Gasteiger partial charge in [-0.05, 0) is 35.9 Å². The molecule has 0 saturated carbocycles. The van der Waals surface area contributed by atoms with Gasteiger partial charge in [-0.3, -0.25) is 14.5 Å². The number of carbonyl (C=O) groups excluding carboxylic acids is 1. The molecule has 3 rings (SSSR count). The molecule has 1 aromatic carbocycles. The smallest absolute Gasteiger partial charge is 0.251 e. The minimum absolute atomic E-state index is 0.0652. The van der Waals surface area contributed by atoms with Crippen molar-refractivity contribution in [3.63, 3.8) is 0 Å². The number of aryl methyl sites for hydroxylation is 1. The fourth-order valence-corrected chi connectivity index (χ4v) is 2.22. The minimum Gasteiger partial charge on any atom is -0.348 e. The van der Waals surface area contributed by atoms with Crippen molar-refractivity contribution in [2.45, 2.75) is 6.54 Å². The fourth-order valence-electron chi connectivity index (χ4n) is 2.22. The summed E-state index contributed by atoms with van der Waals surface area (Å²) in [5.41, 5.74) is 2.50. The Hall–Kier alpha value is -3.09.